The number of hydrogen-bond donors (Lipinski definition) is 0. The number of hydrogen-bond acceptors (Lipinski definition) is 0. The first-order chi connectivity index (χ1) is 17.3. The van der Waals surface area contributed by atoms with Crippen LogP contribution in [-0.2, 0) is 12.8 Å². The Hall–Kier alpha value is -0.780. The van der Waals surface area contributed by atoms with E-state index in [1.165, 1.54) is 173 Å². The molecule has 0 saturated heterocycles. The van der Waals surface area contributed by atoms with E-state index in [1.807, 2.05) is 0 Å². The number of benzene rings is 1. The van der Waals surface area contributed by atoms with Gasteiger partial charge in [-0.25, -0.2) is 0 Å². The second kappa shape index (κ2) is 24.9. The Kier molecular flexibility index (Phi) is 22.9. The summed E-state index contributed by atoms with van der Waals surface area (Å²) in [7, 11) is 0. The molecule has 0 unspecified atom stereocenters. The molecule has 0 aliphatic carbocycles. The van der Waals surface area contributed by atoms with Crippen molar-refractivity contribution in [2.24, 2.45) is 0 Å². The van der Waals surface area contributed by atoms with Crippen molar-refractivity contribution in [3.63, 3.8) is 0 Å². The highest BCUT2D eigenvalue weighted by molar-refractivity contribution is 5.29. The maximum absolute atomic E-state index is 2.52. The van der Waals surface area contributed by atoms with Gasteiger partial charge in [0.25, 0.3) is 0 Å². The summed E-state index contributed by atoms with van der Waals surface area (Å²) >= 11 is 0. The molecule has 0 aromatic heterocycles. The van der Waals surface area contributed by atoms with E-state index >= 15 is 0 Å². The van der Waals surface area contributed by atoms with Crippen LogP contribution < -0.4 is 0 Å². The van der Waals surface area contributed by atoms with Gasteiger partial charge in [0.1, 0.15) is 0 Å². The van der Waals surface area contributed by atoms with Crippen LogP contribution in [0.1, 0.15) is 185 Å². The fourth-order valence-corrected chi connectivity index (χ4v) is 5.58. The van der Waals surface area contributed by atoms with Crippen molar-refractivity contribution in [1.82, 2.24) is 0 Å². The zero-order valence-electron chi connectivity index (χ0n) is 24.6. The molecule has 0 fully saturated rings. The predicted octanol–water partition coefficient (Wildman–Crippen LogP) is 12.5. The average Bonchev–Trinajstić information content (AvgIpc) is 2.85. The molecule has 1 rings (SSSR count). The highest BCUT2D eigenvalue weighted by Crippen LogP contribution is 2.18. The van der Waals surface area contributed by atoms with Crippen molar-refractivity contribution in [2.45, 2.75) is 188 Å². The van der Waals surface area contributed by atoms with E-state index in [4.69, 9.17) is 0 Å². The highest BCUT2D eigenvalue weighted by Gasteiger charge is 2.01. The molecule has 0 heteroatoms. The van der Waals surface area contributed by atoms with Crippen molar-refractivity contribution in [3.8, 4) is 0 Å². The molecule has 204 valence electrons. The van der Waals surface area contributed by atoms with Crippen LogP contribution >= 0.6 is 0 Å². The van der Waals surface area contributed by atoms with Crippen LogP contribution in [0.15, 0.2) is 18.2 Å². The van der Waals surface area contributed by atoms with Crippen LogP contribution in [-0.4, -0.2) is 0 Å². The second-order valence-corrected chi connectivity index (χ2v) is 11.6. The van der Waals surface area contributed by atoms with Crippen LogP contribution in [0.25, 0.3) is 0 Å². The topological polar surface area (TPSA) is 0 Å². The molecule has 0 spiro atoms. The summed E-state index contributed by atoms with van der Waals surface area (Å²) in [5.41, 5.74) is 4.65. The molecule has 0 heterocycles. The fraction of sp³-hybridized carbons (Fsp3) is 0.829. The molecule has 1 aromatic carbocycles. The van der Waals surface area contributed by atoms with Gasteiger partial charge in [-0.05, 0) is 43.7 Å². The molecule has 0 nitrogen and oxygen atoms in total. The van der Waals surface area contributed by atoms with E-state index in [2.05, 4.69) is 39.0 Å². The van der Waals surface area contributed by atoms with Gasteiger partial charge in [-0.15, -0.1) is 0 Å². The summed E-state index contributed by atoms with van der Waals surface area (Å²) in [6.45, 7) is 6.90. The molecule has 0 amide bonds. The maximum atomic E-state index is 2.52. The SMILES string of the molecule is CCCCCCCCCCCCCCc1cc(C)cc(CCCCCCCCCCCCCC)c1. The van der Waals surface area contributed by atoms with Crippen molar-refractivity contribution in [2.75, 3.05) is 0 Å². The molecular weight excluding hydrogens is 420 g/mol. The molecule has 0 aliphatic heterocycles. The third-order valence-corrected chi connectivity index (χ3v) is 7.83. The molecule has 0 N–H and O–H groups in total. The van der Waals surface area contributed by atoms with Gasteiger partial charge in [-0.3, -0.25) is 0 Å². The zero-order valence-corrected chi connectivity index (χ0v) is 24.6. The molecular formula is C35H64. The van der Waals surface area contributed by atoms with Crippen molar-refractivity contribution in [1.29, 1.82) is 0 Å². The molecule has 0 aliphatic rings. The lowest BCUT2D eigenvalue weighted by molar-refractivity contribution is 0.543. The molecule has 0 atom stereocenters. The largest absolute Gasteiger partial charge is 0.0654 e. The fourth-order valence-electron chi connectivity index (χ4n) is 5.58. The lowest BCUT2D eigenvalue weighted by atomic mass is 9.97. The van der Waals surface area contributed by atoms with E-state index in [0.717, 1.165) is 0 Å². The minimum Gasteiger partial charge on any atom is -0.0654 e. The minimum absolute atomic E-state index is 1.28. The van der Waals surface area contributed by atoms with Crippen LogP contribution in [0.3, 0.4) is 0 Å². The zero-order chi connectivity index (χ0) is 25.2. The Morgan fingerprint density at radius 2 is 0.600 bits per heavy atom. The first-order valence-electron chi connectivity index (χ1n) is 16.4. The van der Waals surface area contributed by atoms with E-state index in [-0.39, 0.29) is 0 Å². The number of aryl methyl sites for hydroxylation is 3. The van der Waals surface area contributed by atoms with E-state index in [0.29, 0.717) is 0 Å². The van der Waals surface area contributed by atoms with Crippen LogP contribution in [0, 0.1) is 6.92 Å². The normalized spacial score (nSPS) is 11.4. The van der Waals surface area contributed by atoms with Crippen LogP contribution in [0.2, 0.25) is 0 Å². The first-order valence-corrected chi connectivity index (χ1v) is 16.4. The van der Waals surface area contributed by atoms with E-state index < -0.39 is 0 Å². The van der Waals surface area contributed by atoms with Crippen LogP contribution in [0.5, 0.6) is 0 Å². The Morgan fingerprint density at radius 3 is 0.886 bits per heavy atom. The smallest absolute Gasteiger partial charge is 0.0279 e. The van der Waals surface area contributed by atoms with Gasteiger partial charge in [-0.1, -0.05) is 179 Å². The summed E-state index contributed by atoms with van der Waals surface area (Å²) in [5.74, 6) is 0. The average molecular weight is 485 g/mol. The molecule has 0 radical (unpaired) electrons. The van der Waals surface area contributed by atoms with E-state index in [1.54, 1.807) is 11.1 Å². The Labute approximate surface area is 222 Å². The standard InChI is InChI=1S/C35H64/c1-4-6-8-10-12-14-16-18-20-22-24-26-28-34-30-33(3)31-35(32-34)29-27-25-23-21-19-17-15-13-11-9-7-5-2/h30-32H,4-29H2,1-3H3. The maximum Gasteiger partial charge on any atom is -0.0279 e. The van der Waals surface area contributed by atoms with Crippen molar-refractivity contribution < 1.29 is 0 Å². The van der Waals surface area contributed by atoms with Crippen LogP contribution in [0.4, 0.5) is 0 Å². The summed E-state index contributed by atoms with van der Waals surface area (Å²) in [4.78, 5) is 0. The monoisotopic (exact) mass is 485 g/mol. The summed E-state index contributed by atoms with van der Waals surface area (Å²) in [5, 5.41) is 0. The predicted molar refractivity (Wildman–Crippen MR) is 161 cm³/mol. The summed E-state index contributed by atoms with van der Waals surface area (Å²) < 4.78 is 0. The van der Waals surface area contributed by atoms with Gasteiger partial charge >= 0.3 is 0 Å². The van der Waals surface area contributed by atoms with Gasteiger partial charge in [0.05, 0.1) is 0 Å². The van der Waals surface area contributed by atoms with Gasteiger partial charge in [0, 0.05) is 0 Å². The molecule has 0 bridgehead atoms. The first kappa shape index (κ1) is 32.2. The highest BCUT2D eigenvalue weighted by atomic mass is 14.1. The summed E-state index contributed by atoms with van der Waals surface area (Å²) in [6, 6.07) is 7.39. The lowest BCUT2D eigenvalue weighted by Crippen LogP contribution is -1.93. The molecule has 35 heavy (non-hydrogen) atoms. The second-order valence-electron chi connectivity index (χ2n) is 11.6. The quantitative estimate of drug-likeness (QED) is 0.115. The lowest BCUT2D eigenvalue weighted by Gasteiger charge is -2.09. The van der Waals surface area contributed by atoms with Crippen molar-refractivity contribution >= 4 is 0 Å². The number of unbranched alkanes of at least 4 members (excludes halogenated alkanes) is 22. The van der Waals surface area contributed by atoms with Gasteiger partial charge in [0.2, 0.25) is 0 Å². The number of rotatable bonds is 26. The van der Waals surface area contributed by atoms with Gasteiger partial charge < -0.3 is 0 Å². The third-order valence-electron chi connectivity index (χ3n) is 7.83. The van der Waals surface area contributed by atoms with Gasteiger partial charge in [0.15, 0.2) is 0 Å². The molecule has 0 saturated carbocycles. The van der Waals surface area contributed by atoms with Gasteiger partial charge in [-0.2, -0.15) is 0 Å². The third kappa shape index (κ3) is 21.0. The summed E-state index contributed by atoms with van der Waals surface area (Å²) in [6.07, 6.45) is 37.1. The van der Waals surface area contributed by atoms with Crippen molar-refractivity contribution in [3.05, 3.63) is 34.9 Å². The minimum atomic E-state index is 1.28. The molecule has 1 aromatic rings. The van der Waals surface area contributed by atoms with E-state index in [9.17, 15) is 0 Å². The Balaban J connectivity index is 1.99. The Bertz CT molecular complexity index is 511. The Morgan fingerprint density at radius 1 is 0.343 bits per heavy atom.